The lowest BCUT2D eigenvalue weighted by Crippen LogP contribution is -2.27. The van der Waals surface area contributed by atoms with Crippen LogP contribution in [0.2, 0.25) is 0 Å². The summed E-state index contributed by atoms with van der Waals surface area (Å²) in [5.41, 5.74) is 1.25. The minimum Gasteiger partial charge on any atom is -0.351 e. The van der Waals surface area contributed by atoms with Gasteiger partial charge in [-0.2, -0.15) is 0 Å². The summed E-state index contributed by atoms with van der Waals surface area (Å²) < 4.78 is 16.0. The summed E-state index contributed by atoms with van der Waals surface area (Å²) in [6.45, 7) is -0.0439. The number of benzene rings is 1. The SMILES string of the molecule is O=C1S/C(=C/c2ccn(C3CCCC3)c2)C(=O)N1Cc1ccccc1F. The van der Waals surface area contributed by atoms with E-state index in [9.17, 15) is 14.0 Å². The monoisotopic (exact) mass is 370 g/mol. The molecule has 2 aliphatic rings. The molecule has 6 heteroatoms. The minimum atomic E-state index is -0.413. The molecule has 0 radical (unpaired) electrons. The quantitative estimate of drug-likeness (QED) is 0.713. The third kappa shape index (κ3) is 3.33. The zero-order valence-corrected chi connectivity index (χ0v) is 15.0. The lowest BCUT2D eigenvalue weighted by atomic mass is 10.2. The van der Waals surface area contributed by atoms with Crippen LogP contribution in [0.25, 0.3) is 6.08 Å². The first-order chi connectivity index (χ1) is 12.6. The smallest absolute Gasteiger partial charge is 0.293 e. The van der Waals surface area contributed by atoms with Crippen LogP contribution < -0.4 is 0 Å². The van der Waals surface area contributed by atoms with E-state index in [0.29, 0.717) is 16.5 Å². The predicted molar refractivity (Wildman–Crippen MR) is 99.9 cm³/mol. The molecule has 0 bridgehead atoms. The molecule has 2 fully saturated rings. The molecule has 4 rings (SSSR count). The van der Waals surface area contributed by atoms with Gasteiger partial charge in [0.1, 0.15) is 5.82 Å². The highest BCUT2D eigenvalue weighted by Crippen LogP contribution is 2.34. The van der Waals surface area contributed by atoms with Gasteiger partial charge in [-0.05, 0) is 48.4 Å². The van der Waals surface area contributed by atoms with E-state index >= 15 is 0 Å². The van der Waals surface area contributed by atoms with Gasteiger partial charge in [0.25, 0.3) is 11.1 Å². The Balaban J connectivity index is 1.51. The maximum Gasteiger partial charge on any atom is 0.293 e. The Morgan fingerprint density at radius 1 is 1.15 bits per heavy atom. The second-order valence-electron chi connectivity index (χ2n) is 6.69. The molecule has 1 aliphatic heterocycles. The molecule has 2 amide bonds. The lowest BCUT2D eigenvalue weighted by Gasteiger charge is -2.12. The maximum atomic E-state index is 13.8. The average molecular weight is 370 g/mol. The van der Waals surface area contributed by atoms with Crippen LogP contribution in [0.3, 0.4) is 0 Å². The van der Waals surface area contributed by atoms with Gasteiger partial charge in [-0.1, -0.05) is 31.0 Å². The Morgan fingerprint density at radius 3 is 2.69 bits per heavy atom. The fraction of sp³-hybridized carbons (Fsp3) is 0.300. The first-order valence-electron chi connectivity index (χ1n) is 8.78. The molecule has 1 saturated carbocycles. The van der Waals surface area contributed by atoms with Crippen LogP contribution in [0.15, 0.2) is 47.6 Å². The van der Waals surface area contributed by atoms with Gasteiger partial charge in [0.2, 0.25) is 0 Å². The van der Waals surface area contributed by atoms with Gasteiger partial charge in [-0.3, -0.25) is 14.5 Å². The third-order valence-corrected chi connectivity index (χ3v) is 5.85. The molecular weight excluding hydrogens is 351 g/mol. The number of amides is 2. The van der Waals surface area contributed by atoms with E-state index in [-0.39, 0.29) is 17.7 Å². The molecule has 1 aliphatic carbocycles. The second kappa shape index (κ2) is 7.11. The maximum absolute atomic E-state index is 13.8. The number of hydrogen-bond acceptors (Lipinski definition) is 3. The van der Waals surface area contributed by atoms with Crippen molar-refractivity contribution in [2.45, 2.75) is 38.3 Å². The predicted octanol–water partition coefficient (Wildman–Crippen LogP) is 4.98. The average Bonchev–Trinajstić information content (AvgIpc) is 3.35. The van der Waals surface area contributed by atoms with Gasteiger partial charge in [-0.15, -0.1) is 0 Å². The number of hydrogen-bond donors (Lipinski definition) is 0. The van der Waals surface area contributed by atoms with E-state index in [1.165, 1.54) is 31.7 Å². The van der Waals surface area contributed by atoms with E-state index in [2.05, 4.69) is 4.57 Å². The molecule has 2 aromatic rings. The summed E-state index contributed by atoms with van der Waals surface area (Å²) in [7, 11) is 0. The minimum absolute atomic E-state index is 0.0439. The van der Waals surface area contributed by atoms with Crippen LogP contribution in [-0.4, -0.2) is 20.6 Å². The van der Waals surface area contributed by atoms with Gasteiger partial charge in [-0.25, -0.2) is 4.39 Å². The van der Waals surface area contributed by atoms with Crippen molar-refractivity contribution >= 4 is 29.0 Å². The zero-order valence-electron chi connectivity index (χ0n) is 14.2. The third-order valence-electron chi connectivity index (χ3n) is 4.94. The van der Waals surface area contributed by atoms with Crippen molar-refractivity contribution in [2.75, 3.05) is 0 Å². The number of thioether (sulfide) groups is 1. The molecule has 0 unspecified atom stereocenters. The molecular formula is C20H19FN2O2S. The molecule has 4 nitrogen and oxygen atoms in total. The van der Waals surface area contributed by atoms with Crippen LogP contribution in [0.1, 0.15) is 42.9 Å². The van der Waals surface area contributed by atoms with E-state index in [1.54, 1.807) is 24.3 Å². The number of halogens is 1. The number of rotatable bonds is 4. The van der Waals surface area contributed by atoms with Crippen molar-refractivity contribution in [1.82, 2.24) is 9.47 Å². The fourth-order valence-electron chi connectivity index (χ4n) is 3.53. The number of carbonyl (C=O) groups is 2. The second-order valence-corrected chi connectivity index (χ2v) is 7.68. The molecule has 26 heavy (non-hydrogen) atoms. The number of nitrogens with zero attached hydrogens (tertiary/aromatic N) is 2. The molecule has 1 saturated heterocycles. The first kappa shape index (κ1) is 17.1. The molecule has 1 aromatic carbocycles. The van der Waals surface area contributed by atoms with Gasteiger partial charge < -0.3 is 4.57 Å². The number of imide groups is 1. The molecule has 2 heterocycles. The van der Waals surface area contributed by atoms with Gasteiger partial charge in [0.15, 0.2) is 0 Å². The van der Waals surface area contributed by atoms with E-state index in [0.717, 1.165) is 22.2 Å². The Labute approximate surface area is 155 Å². The van der Waals surface area contributed by atoms with Crippen LogP contribution in [-0.2, 0) is 11.3 Å². The van der Waals surface area contributed by atoms with E-state index < -0.39 is 5.82 Å². The van der Waals surface area contributed by atoms with Crippen molar-refractivity contribution in [2.24, 2.45) is 0 Å². The van der Waals surface area contributed by atoms with E-state index in [1.807, 2.05) is 18.5 Å². The zero-order chi connectivity index (χ0) is 18.1. The highest BCUT2D eigenvalue weighted by molar-refractivity contribution is 8.18. The van der Waals surface area contributed by atoms with Crippen LogP contribution in [0.4, 0.5) is 9.18 Å². The van der Waals surface area contributed by atoms with E-state index in [4.69, 9.17) is 0 Å². The summed E-state index contributed by atoms with van der Waals surface area (Å²) in [6.07, 6.45) is 10.7. The molecule has 0 atom stereocenters. The highest BCUT2D eigenvalue weighted by atomic mass is 32.2. The molecule has 0 N–H and O–H groups in total. The standard InChI is InChI=1S/C20H19FN2O2S/c21-17-8-4-1-5-15(17)13-23-19(24)18(26-20(23)25)11-14-9-10-22(12-14)16-6-2-3-7-16/h1,4-5,8-12,16H,2-3,6-7,13H2/b18-11+. The number of carbonyl (C=O) groups excluding carboxylic acids is 2. The van der Waals surface area contributed by atoms with Crippen molar-refractivity contribution < 1.29 is 14.0 Å². The van der Waals surface area contributed by atoms with Gasteiger partial charge >= 0.3 is 0 Å². The molecule has 134 valence electrons. The summed E-state index contributed by atoms with van der Waals surface area (Å²) in [4.78, 5) is 26.3. The highest BCUT2D eigenvalue weighted by Gasteiger charge is 2.35. The molecule has 0 spiro atoms. The number of aromatic nitrogens is 1. The van der Waals surface area contributed by atoms with Crippen molar-refractivity contribution in [3.63, 3.8) is 0 Å². The summed E-state index contributed by atoms with van der Waals surface area (Å²) in [5, 5.41) is -0.361. The fourth-order valence-corrected chi connectivity index (χ4v) is 4.37. The topological polar surface area (TPSA) is 42.3 Å². The summed E-state index contributed by atoms with van der Waals surface area (Å²) >= 11 is 0.910. The first-order valence-corrected chi connectivity index (χ1v) is 9.60. The summed E-state index contributed by atoms with van der Waals surface area (Å²) in [5.74, 6) is -0.777. The van der Waals surface area contributed by atoms with Gasteiger partial charge in [0, 0.05) is 24.0 Å². The van der Waals surface area contributed by atoms with Crippen LogP contribution >= 0.6 is 11.8 Å². The normalized spacial score (nSPS) is 19.9. The Bertz CT molecular complexity index is 883. The van der Waals surface area contributed by atoms with Crippen LogP contribution in [0.5, 0.6) is 0 Å². The van der Waals surface area contributed by atoms with Crippen molar-refractivity contribution in [1.29, 1.82) is 0 Å². The Morgan fingerprint density at radius 2 is 1.92 bits per heavy atom. The largest absolute Gasteiger partial charge is 0.351 e. The Kier molecular flexibility index (Phi) is 4.68. The summed E-state index contributed by atoms with van der Waals surface area (Å²) in [6, 6.07) is 8.69. The van der Waals surface area contributed by atoms with Crippen molar-refractivity contribution in [3.8, 4) is 0 Å². The molecule has 1 aromatic heterocycles. The lowest BCUT2D eigenvalue weighted by molar-refractivity contribution is -0.123. The van der Waals surface area contributed by atoms with Gasteiger partial charge in [0.05, 0.1) is 11.4 Å². The van der Waals surface area contributed by atoms with Crippen molar-refractivity contribution in [3.05, 3.63) is 64.6 Å². The van der Waals surface area contributed by atoms with Crippen LogP contribution in [0, 0.1) is 5.82 Å². The Hall–Kier alpha value is -2.34.